The normalized spacial score (nSPS) is 18.0. The fourth-order valence-corrected chi connectivity index (χ4v) is 9.09. The Morgan fingerprint density at radius 3 is 1.23 bits per heavy atom. The van der Waals surface area contributed by atoms with E-state index < -0.39 is 10.8 Å². The average molecular weight is 619 g/mol. The Kier molecular flexibility index (Phi) is 9.65. The van der Waals surface area contributed by atoms with Crippen molar-refractivity contribution in [1.82, 2.24) is 0 Å². The molecule has 2 fully saturated rings. The van der Waals surface area contributed by atoms with Gasteiger partial charge < -0.3 is 0 Å². The third-order valence-corrected chi connectivity index (χ3v) is 11.1. The summed E-state index contributed by atoms with van der Waals surface area (Å²) in [6.07, 6.45) is 8.30. The minimum absolute atomic E-state index is 0.234. The van der Waals surface area contributed by atoms with Crippen LogP contribution in [0.4, 0.5) is 17.6 Å². The molecule has 0 aliphatic heterocycles. The van der Waals surface area contributed by atoms with Crippen molar-refractivity contribution < 1.29 is 21.8 Å². The van der Waals surface area contributed by atoms with Gasteiger partial charge in [0, 0.05) is 34.1 Å². The molecule has 0 saturated heterocycles. The Balaban J connectivity index is 1.38. The monoisotopic (exact) mass is 618 g/mol. The highest BCUT2D eigenvalue weighted by Crippen LogP contribution is 2.42. The van der Waals surface area contributed by atoms with E-state index in [1.807, 2.05) is 12.1 Å². The molecule has 6 heteroatoms. The zero-order valence-electron chi connectivity index (χ0n) is 24.8. The van der Waals surface area contributed by atoms with E-state index in [0.717, 1.165) is 84.7 Å². The third-order valence-electron chi connectivity index (χ3n) is 9.69. The summed E-state index contributed by atoms with van der Waals surface area (Å²) in [5.74, 6) is -0.957. The molecule has 230 valence electrons. The van der Waals surface area contributed by atoms with Crippen LogP contribution in [0.1, 0.15) is 108 Å². The molecule has 2 aliphatic carbocycles. The summed E-state index contributed by atoms with van der Waals surface area (Å²) in [6.45, 7) is 0. The van der Waals surface area contributed by atoms with Crippen LogP contribution in [0, 0.1) is 23.3 Å². The number of hydrogen-bond donors (Lipinski definition) is 0. The van der Waals surface area contributed by atoms with E-state index in [1.165, 1.54) is 36.4 Å². The van der Waals surface area contributed by atoms with Gasteiger partial charge in [-0.2, -0.15) is 0 Å². The number of halogens is 4. The lowest BCUT2D eigenvalue weighted by Crippen LogP contribution is -2.20. The summed E-state index contributed by atoms with van der Waals surface area (Å²) in [7, 11) is -1.40. The molecule has 2 aliphatic rings. The number of benzene rings is 4. The fraction of sp³-hybridized carbons (Fsp3) is 0.368. The van der Waals surface area contributed by atoms with Gasteiger partial charge in [-0.05, 0) is 119 Å². The van der Waals surface area contributed by atoms with Crippen LogP contribution in [0.5, 0.6) is 0 Å². The quantitative estimate of drug-likeness (QED) is 0.162. The van der Waals surface area contributed by atoms with Gasteiger partial charge in [-0.25, -0.2) is 17.6 Å². The molecule has 0 heterocycles. The van der Waals surface area contributed by atoms with Gasteiger partial charge in [0.1, 0.15) is 23.3 Å². The largest absolute Gasteiger partial charge is 0.260 e. The molecule has 0 amide bonds. The Hall–Kier alpha value is -3.25. The van der Waals surface area contributed by atoms with Crippen molar-refractivity contribution in [2.45, 2.75) is 75.0 Å². The van der Waals surface area contributed by atoms with Gasteiger partial charge in [0.05, 0.1) is 0 Å². The van der Waals surface area contributed by atoms with Gasteiger partial charge in [0.25, 0.3) is 0 Å². The summed E-state index contributed by atoms with van der Waals surface area (Å²) in [5, 5.41) is 0. The minimum Gasteiger partial charge on any atom is -0.260 e. The first kappa shape index (κ1) is 30.8. The molecule has 0 N–H and O–H groups in total. The van der Waals surface area contributed by atoms with E-state index in [1.54, 1.807) is 36.4 Å². The van der Waals surface area contributed by atoms with E-state index >= 15 is 0 Å². The predicted molar refractivity (Wildman–Crippen MR) is 170 cm³/mol. The SMILES string of the molecule is O=S(CC(c1ccc(F)cc1)c1ccc(F)cc1C1CCCC1)CC(c1ccc(F)cc1)c1ccc(F)cc1C1CCCC1. The van der Waals surface area contributed by atoms with Crippen molar-refractivity contribution >= 4 is 10.8 Å². The molecular weight excluding hydrogens is 580 g/mol. The van der Waals surface area contributed by atoms with Crippen LogP contribution in [-0.4, -0.2) is 15.7 Å². The Morgan fingerprint density at radius 1 is 0.523 bits per heavy atom. The Labute approximate surface area is 260 Å². The highest BCUT2D eigenvalue weighted by atomic mass is 32.2. The van der Waals surface area contributed by atoms with Crippen LogP contribution in [0.2, 0.25) is 0 Å². The van der Waals surface area contributed by atoms with Crippen LogP contribution in [-0.2, 0) is 10.8 Å². The molecule has 6 rings (SSSR count). The van der Waals surface area contributed by atoms with Gasteiger partial charge in [-0.15, -0.1) is 0 Å². The maximum absolute atomic E-state index is 14.6. The van der Waals surface area contributed by atoms with Gasteiger partial charge >= 0.3 is 0 Å². The van der Waals surface area contributed by atoms with Crippen molar-refractivity contribution in [2.75, 3.05) is 11.5 Å². The molecule has 0 aromatic heterocycles. The second-order valence-corrected chi connectivity index (χ2v) is 14.0. The van der Waals surface area contributed by atoms with Gasteiger partial charge in [-0.3, -0.25) is 4.21 Å². The zero-order chi connectivity index (χ0) is 30.6. The van der Waals surface area contributed by atoms with Crippen molar-refractivity contribution in [3.05, 3.63) is 142 Å². The standard InChI is InChI=1S/C38H38F4OS/c39-29-13-9-27(10-14-29)37(33-19-17-31(41)21-35(33)25-5-1-2-6-25)23-44(43)24-38(28-11-15-30(40)16-12-28)34-20-18-32(42)22-36(34)26-7-3-4-8-26/h9-22,25-26,37-38H,1-8,23-24H2. The van der Waals surface area contributed by atoms with E-state index in [0.29, 0.717) is 0 Å². The van der Waals surface area contributed by atoms with E-state index in [-0.39, 0.29) is 58.4 Å². The summed E-state index contributed by atoms with van der Waals surface area (Å²) in [4.78, 5) is 0. The van der Waals surface area contributed by atoms with Crippen LogP contribution in [0.3, 0.4) is 0 Å². The lowest BCUT2D eigenvalue weighted by atomic mass is 9.84. The van der Waals surface area contributed by atoms with Crippen LogP contribution < -0.4 is 0 Å². The highest BCUT2D eigenvalue weighted by molar-refractivity contribution is 7.85. The van der Waals surface area contributed by atoms with Gasteiger partial charge in [0.15, 0.2) is 0 Å². The van der Waals surface area contributed by atoms with Gasteiger partial charge in [-0.1, -0.05) is 62.1 Å². The van der Waals surface area contributed by atoms with E-state index in [4.69, 9.17) is 0 Å². The number of rotatable bonds is 10. The first-order valence-corrected chi connectivity index (χ1v) is 17.3. The molecule has 1 nitrogen and oxygen atoms in total. The Morgan fingerprint density at radius 2 is 0.864 bits per heavy atom. The first-order valence-electron chi connectivity index (χ1n) is 15.8. The minimum atomic E-state index is -1.40. The van der Waals surface area contributed by atoms with Crippen molar-refractivity contribution in [2.24, 2.45) is 0 Å². The molecule has 0 spiro atoms. The summed E-state index contributed by atoms with van der Waals surface area (Å²) in [5.41, 5.74) is 5.43. The van der Waals surface area contributed by atoms with E-state index in [9.17, 15) is 21.8 Å². The second kappa shape index (κ2) is 13.8. The second-order valence-electron chi connectivity index (χ2n) is 12.5. The lowest BCUT2D eigenvalue weighted by molar-refractivity contribution is 0.613. The summed E-state index contributed by atoms with van der Waals surface area (Å²) >= 11 is 0. The molecule has 2 saturated carbocycles. The summed E-state index contributed by atoms with van der Waals surface area (Å²) < 4.78 is 71.5. The van der Waals surface area contributed by atoms with Gasteiger partial charge in [0.2, 0.25) is 0 Å². The molecule has 2 atom stereocenters. The maximum Gasteiger partial charge on any atom is 0.123 e. The number of hydrogen-bond acceptors (Lipinski definition) is 1. The molecule has 2 unspecified atom stereocenters. The Bertz CT molecular complexity index is 1470. The van der Waals surface area contributed by atoms with Crippen molar-refractivity contribution in [1.29, 1.82) is 0 Å². The molecule has 44 heavy (non-hydrogen) atoms. The molecule has 4 aromatic rings. The predicted octanol–water partition coefficient (Wildman–Crippen LogP) is 10.3. The third kappa shape index (κ3) is 7.01. The average Bonchev–Trinajstić information content (AvgIpc) is 3.76. The maximum atomic E-state index is 14.6. The topological polar surface area (TPSA) is 17.1 Å². The molecule has 0 radical (unpaired) electrons. The smallest absolute Gasteiger partial charge is 0.123 e. The van der Waals surface area contributed by atoms with E-state index in [2.05, 4.69) is 0 Å². The highest BCUT2D eigenvalue weighted by Gasteiger charge is 2.30. The van der Waals surface area contributed by atoms with Crippen molar-refractivity contribution in [3.63, 3.8) is 0 Å². The first-order chi connectivity index (χ1) is 21.4. The van der Waals surface area contributed by atoms with Crippen LogP contribution in [0.15, 0.2) is 84.9 Å². The molecule has 0 bridgehead atoms. The van der Waals surface area contributed by atoms with Crippen LogP contribution in [0.25, 0.3) is 0 Å². The zero-order valence-corrected chi connectivity index (χ0v) is 25.6. The van der Waals surface area contributed by atoms with Crippen molar-refractivity contribution in [3.8, 4) is 0 Å². The summed E-state index contributed by atoms with van der Waals surface area (Å²) in [6, 6.07) is 22.4. The lowest BCUT2D eigenvalue weighted by Gasteiger charge is -2.26. The molecular formula is C38H38F4OS. The fourth-order valence-electron chi connectivity index (χ4n) is 7.47. The van der Waals surface area contributed by atoms with Crippen LogP contribution >= 0.6 is 0 Å². The molecule has 4 aromatic carbocycles.